The fourth-order valence-corrected chi connectivity index (χ4v) is 1.48. The maximum Gasteiger partial charge on any atom is 0.214 e. The highest BCUT2D eigenvalue weighted by molar-refractivity contribution is 5.44. The molecule has 1 aromatic heterocycles. The molecule has 1 unspecified atom stereocenters. The molecule has 0 fully saturated rings. The van der Waals surface area contributed by atoms with Crippen LogP contribution in [0.2, 0.25) is 0 Å². The summed E-state index contributed by atoms with van der Waals surface area (Å²) in [4.78, 5) is 5.61. The molecule has 3 heteroatoms. The van der Waals surface area contributed by atoms with Crippen LogP contribution in [0.5, 0.6) is 0 Å². The van der Waals surface area contributed by atoms with Gasteiger partial charge < -0.3 is 4.90 Å². The summed E-state index contributed by atoms with van der Waals surface area (Å²) in [6.45, 7) is 4.29. The van der Waals surface area contributed by atoms with Gasteiger partial charge in [0, 0.05) is 31.0 Å². The molecule has 1 rings (SSSR count). The first-order valence-electron chi connectivity index (χ1n) is 4.99. The van der Waals surface area contributed by atoms with E-state index >= 15 is 0 Å². The average Bonchev–Trinajstić information content (AvgIpc) is 2.17. The summed E-state index contributed by atoms with van der Waals surface area (Å²) in [7, 11) is 1.98. The normalized spacial score (nSPS) is 12.6. The summed E-state index contributed by atoms with van der Waals surface area (Å²) < 4.78 is 12.8. The Morgan fingerprint density at radius 2 is 2.29 bits per heavy atom. The fourth-order valence-electron chi connectivity index (χ4n) is 1.48. The molecule has 0 aromatic carbocycles. The molecule has 0 radical (unpaired) electrons. The van der Waals surface area contributed by atoms with Gasteiger partial charge in [-0.15, -0.1) is 0 Å². The predicted molar refractivity (Wildman–Crippen MR) is 57.0 cm³/mol. The summed E-state index contributed by atoms with van der Waals surface area (Å²) in [5.41, 5.74) is 0.887. The van der Waals surface area contributed by atoms with Gasteiger partial charge in [-0.3, -0.25) is 0 Å². The first-order chi connectivity index (χ1) is 6.65. The monoisotopic (exact) mass is 196 g/mol. The van der Waals surface area contributed by atoms with Crippen LogP contribution in [-0.2, 0) is 0 Å². The Balaban J connectivity index is 2.73. The molecule has 0 aliphatic rings. The van der Waals surface area contributed by atoms with Crippen LogP contribution in [-0.4, -0.2) is 18.1 Å². The van der Waals surface area contributed by atoms with E-state index in [0.29, 0.717) is 6.04 Å². The molecule has 0 bridgehead atoms. The maximum absolute atomic E-state index is 12.8. The highest BCUT2D eigenvalue weighted by atomic mass is 19.1. The van der Waals surface area contributed by atoms with Crippen molar-refractivity contribution in [1.82, 2.24) is 4.98 Å². The van der Waals surface area contributed by atoms with E-state index in [4.69, 9.17) is 0 Å². The average molecular weight is 196 g/mol. The van der Waals surface area contributed by atoms with Gasteiger partial charge in [-0.2, -0.15) is 4.39 Å². The molecule has 78 valence electrons. The smallest absolute Gasteiger partial charge is 0.214 e. The molecule has 0 amide bonds. The van der Waals surface area contributed by atoms with Gasteiger partial charge >= 0.3 is 0 Å². The number of pyridine rings is 1. The Bertz CT molecular complexity index is 288. The maximum atomic E-state index is 12.8. The third kappa shape index (κ3) is 2.69. The van der Waals surface area contributed by atoms with Crippen LogP contribution in [0.25, 0.3) is 0 Å². The van der Waals surface area contributed by atoms with Gasteiger partial charge in [-0.1, -0.05) is 13.3 Å². The summed E-state index contributed by atoms with van der Waals surface area (Å²) in [6.07, 6.45) is 3.75. The number of nitrogens with zero attached hydrogens (tertiary/aromatic N) is 2. The van der Waals surface area contributed by atoms with Crippen LogP contribution in [0.3, 0.4) is 0 Å². The largest absolute Gasteiger partial charge is 0.372 e. The lowest BCUT2D eigenvalue weighted by molar-refractivity contribution is 0.577. The molecule has 1 atom stereocenters. The van der Waals surface area contributed by atoms with Gasteiger partial charge in [0.15, 0.2) is 0 Å². The van der Waals surface area contributed by atoms with Crippen molar-refractivity contribution in [2.75, 3.05) is 11.9 Å². The quantitative estimate of drug-likeness (QED) is 0.688. The molecule has 0 aliphatic carbocycles. The molecule has 2 nitrogen and oxygen atoms in total. The predicted octanol–water partition coefficient (Wildman–Crippen LogP) is 2.85. The van der Waals surface area contributed by atoms with Crippen LogP contribution in [0.15, 0.2) is 18.3 Å². The number of rotatable bonds is 4. The molecule has 1 aromatic rings. The summed E-state index contributed by atoms with van der Waals surface area (Å²) >= 11 is 0. The second-order valence-corrected chi connectivity index (χ2v) is 3.59. The van der Waals surface area contributed by atoms with Crippen molar-refractivity contribution in [1.29, 1.82) is 0 Å². The van der Waals surface area contributed by atoms with E-state index < -0.39 is 5.95 Å². The number of hydrogen-bond acceptors (Lipinski definition) is 2. The zero-order chi connectivity index (χ0) is 10.6. The van der Waals surface area contributed by atoms with E-state index in [9.17, 15) is 4.39 Å². The highest BCUT2D eigenvalue weighted by Crippen LogP contribution is 2.16. The first-order valence-corrected chi connectivity index (χ1v) is 4.99. The zero-order valence-electron chi connectivity index (χ0n) is 9.00. The van der Waals surface area contributed by atoms with Gasteiger partial charge in [0.2, 0.25) is 5.95 Å². The van der Waals surface area contributed by atoms with E-state index in [2.05, 4.69) is 23.7 Å². The van der Waals surface area contributed by atoms with Gasteiger partial charge in [0.1, 0.15) is 0 Å². The van der Waals surface area contributed by atoms with E-state index in [1.165, 1.54) is 12.3 Å². The third-order valence-corrected chi connectivity index (χ3v) is 2.49. The molecule has 1 heterocycles. The molecule has 0 N–H and O–H groups in total. The minimum atomic E-state index is -0.418. The number of halogens is 1. The summed E-state index contributed by atoms with van der Waals surface area (Å²) in [6, 6.07) is 3.73. The van der Waals surface area contributed by atoms with E-state index in [1.54, 1.807) is 0 Å². The lowest BCUT2D eigenvalue weighted by Crippen LogP contribution is -2.28. The Hall–Kier alpha value is -1.12. The Morgan fingerprint density at radius 1 is 1.57 bits per heavy atom. The minimum absolute atomic E-state index is 0.418. The van der Waals surface area contributed by atoms with Crippen molar-refractivity contribution in [3.63, 3.8) is 0 Å². The van der Waals surface area contributed by atoms with Crippen molar-refractivity contribution in [3.05, 3.63) is 24.3 Å². The van der Waals surface area contributed by atoms with Crippen LogP contribution in [0, 0.1) is 5.95 Å². The lowest BCUT2D eigenvalue weighted by Gasteiger charge is -2.26. The SMILES string of the molecule is CCCC(C)N(C)c1ccnc(F)c1. The molecule has 0 saturated carbocycles. The Kier molecular flexibility index (Phi) is 3.86. The molecule has 0 spiro atoms. The van der Waals surface area contributed by atoms with Crippen LogP contribution in [0.4, 0.5) is 10.1 Å². The molecular weight excluding hydrogens is 179 g/mol. The van der Waals surface area contributed by atoms with Crippen molar-refractivity contribution in [2.45, 2.75) is 32.7 Å². The van der Waals surface area contributed by atoms with Crippen LogP contribution < -0.4 is 4.90 Å². The molecule has 0 saturated heterocycles. The number of hydrogen-bond donors (Lipinski definition) is 0. The zero-order valence-corrected chi connectivity index (χ0v) is 9.00. The fraction of sp³-hybridized carbons (Fsp3) is 0.545. The molecular formula is C11H17FN2. The van der Waals surface area contributed by atoms with Gasteiger partial charge in [-0.05, 0) is 19.4 Å². The number of anilines is 1. The number of aromatic nitrogens is 1. The first kappa shape index (κ1) is 11.0. The van der Waals surface area contributed by atoms with Crippen LogP contribution >= 0.6 is 0 Å². The third-order valence-electron chi connectivity index (χ3n) is 2.49. The van der Waals surface area contributed by atoms with E-state index in [0.717, 1.165) is 18.5 Å². The second kappa shape index (κ2) is 4.94. The van der Waals surface area contributed by atoms with Gasteiger partial charge in [-0.25, -0.2) is 4.98 Å². The van der Waals surface area contributed by atoms with Crippen molar-refractivity contribution >= 4 is 5.69 Å². The summed E-state index contributed by atoms with van der Waals surface area (Å²) in [5.74, 6) is -0.418. The van der Waals surface area contributed by atoms with Gasteiger partial charge in [0.25, 0.3) is 0 Å². The van der Waals surface area contributed by atoms with Crippen LogP contribution in [0.1, 0.15) is 26.7 Å². The van der Waals surface area contributed by atoms with E-state index in [1.807, 2.05) is 13.1 Å². The van der Waals surface area contributed by atoms with E-state index in [-0.39, 0.29) is 0 Å². The van der Waals surface area contributed by atoms with Crippen molar-refractivity contribution in [2.24, 2.45) is 0 Å². The second-order valence-electron chi connectivity index (χ2n) is 3.59. The Labute approximate surface area is 84.8 Å². The van der Waals surface area contributed by atoms with Crippen molar-refractivity contribution in [3.8, 4) is 0 Å². The molecule has 14 heavy (non-hydrogen) atoms. The van der Waals surface area contributed by atoms with Crippen molar-refractivity contribution < 1.29 is 4.39 Å². The topological polar surface area (TPSA) is 16.1 Å². The van der Waals surface area contributed by atoms with Gasteiger partial charge in [0.05, 0.1) is 0 Å². The minimum Gasteiger partial charge on any atom is -0.372 e. The standard InChI is InChI=1S/C11H17FN2/c1-4-5-9(2)14(3)10-6-7-13-11(12)8-10/h6-9H,4-5H2,1-3H3. The summed E-state index contributed by atoms with van der Waals surface area (Å²) in [5, 5.41) is 0. The highest BCUT2D eigenvalue weighted by Gasteiger charge is 2.09. The Morgan fingerprint density at radius 3 is 2.86 bits per heavy atom. The lowest BCUT2D eigenvalue weighted by atomic mass is 10.1. The molecule has 0 aliphatic heterocycles.